The Kier molecular flexibility index (Phi) is 3.98. The molecule has 2 aromatic heterocycles. The molecule has 96 valence electrons. The third kappa shape index (κ3) is 2.89. The topological polar surface area (TPSA) is 96.7 Å². The summed E-state index contributed by atoms with van der Waals surface area (Å²) in [5, 5.41) is 13.8. The molecule has 0 saturated heterocycles. The molecule has 7 nitrogen and oxygen atoms in total. The Morgan fingerprint density at radius 3 is 3.00 bits per heavy atom. The van der Waals surface area contributed by atoms with E-state index >= 15 is 0 Å². The number of hydrogen-bond donors (Lipinski definition) is 2. The Labute approximate surface area is 108 Å². The van der Waals surface area contributed by atoms with Crippen LogP contribution in [0.3, 0.4) is 0 Å². The van der Waals surface area contributed by atoms with E-state index in [9.17, 15) is 4.79 Å². The molecule has 8 heteroatoms. The van der Waals surface area contributed by atoms with Crippen molar-refractivity contribution in [1.29, 1.82) is 0 Å². The summed E-state index contributed by atoms with van der Waals surface area (Å²) in [6, 6.07) is 0. The van der Waals surface area contributed by atoms with Crippen LogP contribution in [-0.4, -0.2) is 38.5 Å². The Hall–Kier alpha value is -1.83. The highest BCUT2D eigenvalue weighted by atomic mass is 32.2. The van der Waals surface area contributed by atoms with Crippen molar-refractivity contribution in [2.24, 2.45) is 0 Å². The van der Waals surface area contributed by atoms with Crippen molar-refractivity contribution in [3.8, 4) is 0 Å². The number of rotatable bonds is 5. The van der Waals surface area contributed by atoms with Gasteiger partial charge in [0.05, 0.1) is 5.69 Å². The van der Waals surface area contributed by atoms with Gasteiger partial charge in [0.25, 0.3) is 5.91 Å². The Bertz CT molecular complexity index is 503. The SMILES string of the molecule is Cc1noc(C)c1C(=O)NCCSc1ncn[nH]1. The second-order valence-electron chi connectivity index (χ2n) is 3.59. The van der Waals surface area contributed by atoms with E-state index in [-0.39, 0.29) is 5.91 Å². The van der Waals surface area contributed by atoms with Crippen LogP contribution in [0.5, 0.6) is 0 Å². The Morgan fingerprint density at radius 2 is 2.39 bits per heavy atom. The van der Waals surface area contributed by atoms with Crippen LogP contribution >= 0.6 is 11.8 Å². The van der Waals surface area contributed by atoms with Gasteiger partial charge in [-0.1, -0.05) is 16.9 Å². The van der Waals surface area contributed by atoms with Gasteiger partial charge in [-0.15, -0.1) is 0 Å². The standard InChI is InChI=1S/C10H13N5O2S/c1-6-8(7(2)17-15-6)9(16)11-3-4-18-10-12-5-13-14-10/h5H,3-4H2,1-2H3,(H,11,16)(H,12,13,14). The predicted molar refractivity (Wildman–Crippen MR) is 65.4 cm³/mol. The van der Waals surface area contributed by atoms with E-state index in [1.165, 1.54) is 18.1 Å². The highest BCUT2D eigenvalue weighted by Gasteiger charge is 2.16. The zero-order valence-electron chi connectivity index (χ0n) is 10.1. The molecule has 0 aliphatic rings. The van der Waals surface area contributed by atoms with Gasteiger partial charge in [-0.2, -0.15) is 5.10 Å². The fourth-order valence-corrected chi connectivity index (χ4v) is 2.11. The molecule has 2 rings (SSSR count). The number of nitrogens with zero attached hydrogens (tertiary/aromatic N) is 3. The number of hydrogen-bond acceptors (Lipinski definition) is 6. The van der Waals surface area contributed by atoms with Crippen LogP contribution in [0.4, 0.5) is 0 Å². The van der Waals surface area contributed by atoms with Crippen LogP contribution in [0.2, 0.25) is 0 Å². The number of thioether (sulfide) groups is 1. The van der Waals surface area contributed by atoms with E-state index in [4.69, 9.17) is 4.52 Å². The summed E-state index contributed by atoms with van der Waals surface area (Å²) < 4.78 is 4.94. The van der Waals surface area contributed by atoms with Gasteiger partial charge in [0.15, 0.2) is 5.16 Å². The van der Waals surface area contributed by atoms with Crippen LogP contribution in [0.1, 0.15) is 21.8 Å². The first kappa shape index (κ1) is 12.6. The van der Waals surface area contributed by atoms with Gasteiger partial charge in [0.1, 0.15) is 17.7 Å². The molecule has 0 aliphatic heterocycles. The van der Waals surface area contributed by atoms with Crippen molar-refractivity contribution in [3.05, 3.63) is 23.3 Å². The Morgan fingerprint density at radius 1 is 1.56 bits per heavy atom. The first-order valence-corrected chi connectivity index (χ1v) is 6.36. The number of aryl methyl sites for hydroxylation is 2. The molecule has 0 saturated carbocycles. The first-order valence-electron chi connectivity index (χ1n) is 5.37. The maximum Gasteiger partial charge on any atom is 0.256 e. The molecule has 0 aliphatic carbocycles. The van der Waals surface area contributed by atoms with Crippen molar-refractivity contribution in [2.75, 3.05) is 12.3 Å². The molecule has 0 bridgehead atoms. The molecular formula is C10H13N5O2S. The molecule has 0 atom stereocenters. The smallest absolute Gasteiger partial charge is 0.256 e. The monoisotopic (exact) mass is 267 g/mol. The summed E-state index contributed by atoms with van der Waals surface area (Å²) >= 11 is 1.49. The van der Waals surface area contributed by atoms with Crippen LogP contribution in [0, 0.1) is 13.8 Å². The largest absolute Gasteiger partial charge is 0.361 e. The Balaban J connectivity index is 1.79. The van der Waals surface area contributed by atoms with Gasteiger partial charge >= 0.3 is 0 Å². The minimum absolute atomic E-state index is 0.163. The number of aromatic amines is 1. The molecule has 1 amide bonds. The minimum Gasteiger partial charge on any atom is -0.361 e. The normalized spacial score (nSPS) is 10.6. The molecule has 2 aromatic rings. The second kappa shape index (κ2) is 5.67. The molecule has 0 unspecified atom stereocenters. The van der Waals surface area contributed by atoms with Crippen molar-refractivity contribution < 1.29 is 9.32 Å². The summed E-state index contributed by atoms with van der Waals surface area (Å²) in [5.74, 6) is 1.09. The van der Waals surface area contributed by atoms with Crippen molar-refractivity contribution in [3.63, 3.8) is 0 Å². The highest BCUT2D eigenvalue weighted by molar-refractivity contribution is 7.99. The third-order valence-electron chi connectivity index (χ3n) is 2.28. The highest BCUT2D eigenvalue weighted by Crippen LogP contribution is 2.12. The lowest BCUT2D eigenvalue weighted by Crippen LogP contribution is -2.26. The molecule has 2 N–H and O–H groups in total. The maximum atomic E-state index is 11.9. The molecule has 0 fully saturated rings. The van der Waals surface area contributed by atoms with E-state index < -0.39 is 0 Å². The van der Waals surface area contributed by atoms with Crippen LogP contribution in [0.15, 0.2) is 16.0 Å². The number of amides is 1. The number of nitrogens with one attached hydrogen (secondary N) is 2. The fourth-order valence-electron chi connectivity index (χ4n) is 1.47. The third-order valence-corrected chi connectivity index (χ3v) is 3.16. The quantitative estimate of drug-likeness (QED) is 0.618. The van der Waals surface area contributed by atoms with Crippen LogP contribution in [-0.2, 0) is 0 Å². The van der Waals surface area contributed by atoms with Gasteiger partial charge in [0, 0.05) is 12.3 Å². The van der Waals surface area contributed by atoms with Crippen LogP contribution in [0.25, 0.3) is 0 Å². The summed E-state index contributed by atoms with van der Waals surface area (Å²) in [7, 11) is 0. The summed E-state index contributed by atoms with van der Waals surface area (Å²) in [6.07, 6.45) is 1.45. The predicted octanol–water partition coefficient (Wildman–Crippen LogP) is 0.932. The van der Waals surface area contributed by atoms with Gasteiger partial charge in [-0.05, 0) is 13.8 Å². The molecule has 18 heavy (non-hydrogen) atoms. The average molecular weight is 267 g/mol. The number of carbonyl (C=O) groups excluding carboxylic acids is 1. The van der Waals surface area contributed by atoms with E-state index in [1.807, 2.05) is 0 Å². The minimum atomic E-state index is -0.163. The van der Waals surface area contributed by atoms with Gasteiger partial charge in [-0.3, -0.25) is 9.89 Å². The molecule has 0 radical (unpaired) electrons. The maximum absolute atomic E-state index is 11.9. The van der Waals surface area contributed by atoms with E-state index in [2.05, 4.69) is 25.7 Å². The van der Waals surface area contributed by atoms with Gasteiger partial charge in [0.2, 0.25) is 0 Å². The van der Waals surface area contributed by atoms with E-state index in [0.29, 0.717) is 29.3 Å². The first-order chi connectivity index (χ1) is 8.68. The number of aromatic nitrogens is 4. The summed E-state index contributed by atoms with van der Waals surface area (Å²) in [6.45, 7) is 4.00. The zero-order valence-corrected chi connectivity index (χ0v) is 10.9. The molecular weight excluding hydrogens is 254 g/mol. The lowest BCUT2D eigenvalue weighted by molar-refractivity contribution is 0.0954. The molecule has 2 heterocycles. The number of carbonyl (C=O) groups is 1. The number of H-pyrrole nitrogens is 1. The van der Waals surface area contributed by atoms with Crippen molar-refractivity contribution in [2.45, 2.75) is 19.0 Å². The lowest BCUT2D eigenvalue weighted by atomic mass is 10.2. The lowest BCUT2D eigenvalue weighted by Gasteiger charge is -2.03. The van der Waals surface area contributed by atoms with Gasteiger partial charge in [-0.25, -0.2) is 4.98 Å². The fraction of sp³-hybridized carbons (Fsp3) is 0.400. The zero-order chi connectivity index (χ0) is 13.0. The van der Waals surface area contributed by atoms with Crippen molar-refractivity contribution in [1.82, 2.24) is 25.7 Å². The molecule has 0 aromatic carbocycles. The van der Waals surface area contributed by atoms with Gasteiger partial charge < -0.3 is 9.84 Å². The van der Waals surface area contributed by atoms with E-state index in [0.717, 1.165) is 5.16 Å². The molecule has 0 spiro atoms. The second-order valence-corrected chi connectivity index (χ2v) is 4.68. The average Bonchev–Trinajstić information content (AvgIpc) is 2.95. The summed E-state index contributed by atoms with van der Waals surface area (Å²) in [4.78, 5) is 15.8. The van der Waals surface area contributed by atoms with Crippen LogP contribution < -0.4 is 5.32 Å². The van der Waals surface area contributed by atoms with Crippen molar-refractivity contribution >= 4 is 17.7 Å². The van der Waals surface area contributed by atoms with E-state index in [1.54, 1.807) is 13.8 Å². The summed E-state index contributed by atoms with van der Waals surface area (Å²) in [5.41, 5.74) is 1.12.